The van der Waals surface area contributed by atoms with Crippen molar-refractivity contribution in [2.24, 2.45) is 0 Å². The van der Waals surface area contributed by atoms with Crippen molar-refractivity contribution in [2.75, 3.05) is 6.54 Å². The molecule has 0 aliphatic heterocycles. The van der Waals surface area contributed by atoms with Crippen molar-refractivity contribution in [3.8, 4) is 0 Å². The van der Waals surface area contributed by atoms with Gasteiger partial charge in [-0.1, -0.05) is 25.0 Å². The molecule has 0 saturated carbocycles. The van der Waals surface area contributed by atoms with E-state index in [1.807, 2.05) is 11.3 Å². The minimum Gasteiger partial charge on any atom is -0.307 e. The minimum atomic E-state index is 0.461. The van der Waals surface area contributed by atoms with Gasteiger partial charge in [0.2, 0.25) is 0 Å². The molecule has 1 aromatic heterocycles. The maximum atomic E-state index is 3.73. The summed E-state index contributed by atoms with van der Waals surface area (Å²) in [7, 11) is 0. The molecule has 1 atom stereocenters. The van der Waals surface area contributed by atoms with Crippen LogP contribution in [0.2, 0.25) is 0 Å². The summed E-state index contributed by atoms with van der Waals surface area (Å²) in [5, 5.41) is 6.05. The highest BCUT2D eigenvalue weighted by atomic mass is 127. The molecule has 18 heavy (non-hydrogen) atoms. The lowest BCUT2D eigenvalue weighted by atomic mass is 9.97. The highest BCUT2D eigenvalue weighted by Gasteiger charge is 2.18. The summed E-state index contributed by atoms with van der Waals surface area (Å²) in [6, 6.07) is 2.80. The topological polar surface area (TPSA) is 12.0 Å². The Labute approximate surface area is 128 Å². The Kier molecular flexibility index (Phi) is 6.18. The van der Waals surface area contributed by atoms with E-state index in [0.717, 1.165) is 6.54 Å². The summed E-state index contributed by atoms with van der Waals surface area (Å²) < 4.78 is 1.39. The third-order valence-electron chi connectivity index (χ3n) is 3.47. The number of thiophene rings is 1. The molecule has 0 amide bonds. The Morgan fingerprint density at radius 2 is 2.28 bits per heavy atom. The lowest BCUT2D eigenvalue weighted by Crippen LogP contribution is -2.23. The van der Waals surface area contributed by atoms with E-state index in [9.17, 15) is 0 Å². The zero-order chi connectivity index (χ0) is 12.8. The van der Waals surface area contributed by atoms with E-state index in [1.54, 1.807) is 5.57 Å². The molecule has 2 rings (SSSR count). The Bertz CT molecular complexity index is 397. The molecule has 1 nitrogen and oxygen atoms in total. The Morgan fingerprint density at radius 3 is 3.00 bits per heavy atom. The van der Waals surface area contributed by atoms with E-state index in [1.165, 1.54) is 47.0 Å². The largest absolute Gasteiger partial charge is 0.307 e. The molecule has 1 unspecified atom stereocenters. The van der Waals surface area contributed by atoms with Crippen LogP contribution in [0.25, 0.3) is 0 Å². The maximum Gasteiger partial charge on any atom is 0.0656 e. The molecule has 0 saturated heterocycles. The average molecular weight is 375 g/mol. The average Bonchev–Trinajstić information content (AvgIpc) is 2.65. The number of nitrogens with one attached hydrogen (secondary N) is 1. The second-order valence-corrected chi connectivity index (χ2v) is 7.76. The third-order valence-corrected chi connectivity index (χ3v) is 5.27. The molecule has 1 aliphatic rings. The first kappa shape index (κ1) is 14.5. The van der Waals surface area contributed by atoms with E-state index >= 15 is 0 Å². The van der Waals surface area contributed by atoms with Crippen molar-refractivity contribution in [3.63, 3.8) is 0 Å². The molecule has 0 fully saturated rings. The lowest BCUT2D eigenvalue weighted by Gasteiger charge is -2.21. The first-order valence-electron chi connectivity index (χ1n) is 6.97. The van der Waals surface area contributed by atoms with Crippen LogP contribution in [0.5, 0.6) is 0 Å². The quantitative estimate of drug-likeness (QED) is 0.545. The zero-order valence-electron chi connectivity index (χ0n) is 11.0. The zero-order valence-corrected chi connectivity index (χ0v) is 14.0. The van der Waals surface area contributed by atoms with E-state index in [0.29, 0.717) is 6.04 Å². The summed E-state index contributed by atoms with van der Waals surface area (Å²) in [6.07, 6.45) is 10.3. The number of hydrogen-bond acceptors (Lipinski definition) is 2. The van der Waals surface area contributed by atoms with Crippen molar-refractivity contribution < 1.29 is 0 Å². The van der Waals surface area contributed by atoms with Gasteiger partial charge in [-0.3, -0.25) is 0 Å². The van der Waals surface area contributed by atoms with Crippen molar-refractivity contribution in [3.05, 3.63) is 31.5 Å². The number of hydrogen-bond donors (Lipinski definition) is 1. The predicted octanol–water partition coefficient (Wildman–Crippen LogP) is 5.28. The number of allylic oxidation sites excluding steroid dienone is 1. The summed E-state index contributed by atoms with van der Waals surface area (Å²) in [6.45, 7) is 3.34. The molecule has 0 radical (unpaired) electrons. The standard InChI is InChI=1S/C15H22INS/c1-2-9-17-15(13-10-14(16)18-11-13)12-7-5-3-4-6-8-12/h7,10-11,15,17H,2-6,8-9H2,1H3. The van der Waals surface area contributed by atoms with Crippen molar-refractivity contribution >= 4 is 33.9 Å². The van der Waals surface area contributed by atoms with Gasteiger partial charge in [0, 0.05) is 0 Å². The first-order valence-corrected chi connectivity index (χ1v) is 8.93. The highest BCUT2D eigenvalue weighted by molar-refractivity contribution is 14.1. The number of rotatable bonds is 5. The minimum absolute atomic E-state index is 0.461. The van der Waals surface area contributed by atoms with E-state index in [-0.39, 0.29) is 0 Å². The van der Waals surface area contributed by atoms with Gasteiger partial charge in [-0.05, 0) is 78.2 Å². The van der Waals surface area contributed by atoms with Crippen LogP contribution in [0.1, 0.15) is 57.1 Å². The van der Waals surface area contributed by atoms with Crippen LogP contribution in [0.15, 0.2) is 23.1 Å². The van der Waals surface area contributed by atoms with Crippen LogP contribution >= 0.6 is 33.9 Å². The van der Waals surface area contributed by atoms with Gasteiger partial charge in [-0.25, -0.2) is 0 Å². The van der Waals surface area contributed by atoms with Gasteiger partial charge in [-0.15, -0.1) is 11.3 Å². The molecule has 0 bridgehead atoms. The van der Waals surface area contributed by atoms with Gasteiger partial charge >= 0.3 is 0 Å². The fraction of sp³-hybridized carbons (Fsp3) is 0.600. The Hall–Kier alpha value is 0.130. The molecule has 100 valence electrons. The second-order valence-electron chi connectivity index (χ2n) is 4.95. The molecule has 3 heteroatoms. The van der Waals surface area contributed by atoms with Crippen LogP contribution in [-0.4, -0.2) is 6.54 Å². The fourth-order valence-corrected chi connectivity index (χ4v) is 3.93. The van der Waals surface area contributed by atoms with E-state index in [2.05, 4.69) is 52.4 Å². The normalized spacial score (nSPS) is 18.2. The third kappa shape index (κ3) is 4.07. The van der Waals surface area contributed by atoms with Gasteiger partial charge in [0.25, 0.3) is 0 Å². The van der Waals surface area contributed by atoms with Gasteiger partial charge in [-0.2, -0.15) is 0 Å². The molecular formula is C15H22INS. The van der Waals surface area contributed by atoms with Gasteiger partial charge < -0.3 is 5.32 Å². The summed E-state index contributed by atoms with van der Waals surface area (Å²) in [5.41, 5.74) is 3.08. The Morgan fingerprint density at radius 1 is 1.39 bits per heavy atom. The van der Waals surface area contributed by atoms with Crippen molar-refractivity contribution in [2.45, 2.75) is 51.5 Å². The van der Waals surface area contributed by atoms with Crippen LogP contribution in [0, 0.1) is 2.88 Å². The smallest absolute Gasteiger partial charge is 0.0656 e. The molecular weight excluding hydrogens is 353 g/mol. The fourth-order valence-electron chi connectivity index (χ4n) is 2.53. The van der Waals surface area contributed by atoms with Crippen molar-refractivity contribution in [1.82, 2.24) is 5.32 Å². The van der Waals surface area contributed by atoms with Crippen LogP contribution in [-0.2, 0) is 0 Å². The lowest BCUT2D eigenvalue weighted by molar-refractivity contribution is 0.568. The first-order chi connectivity index (χ1) is 8.81. The van der Waals surface area contributed by atoms with E-state index in [4.69, 9.17) is 0 Å². The molecule has 1 heterocycles. The monoisotopic (exact) mass is 375 g/mol. The predicted molar refractivity (Wildman–Crippen MR) is 89.2 cm³/mol. The molecule has 1 N–H and O–H groups in total. The van der Waals surface area contributed by atoms with Crippen LogP contribution in [0.3, 0.4) is 0 Å². The Balaban J connectivity index is 2.15. The van der Waals surface area contributed by atoms with Gasteiger partial charge in [0.15, 0.2) is 0 Å². The van der Waals surface area contributed by atoms with Crippen LogP contribution < -0.4 is 5.32 Å². The summed E-state index contributed by atoms with van der Waals surface area (Å²) in [5.74, 6) is 0. The van der Waals surface area contributed by atoms with Crippen LogP contribution in [0.4, 0.5) is 0 Å². The SMILES string of the molecule is CCCNC(C1=CCCCCC1)c1csc(I)c1. The summed E-state index contributed by atoms with van der Waals surface area (Å²) >= 11 is 4.28. The van der Waals surface area contributed by atoms with Crippen molar-refractivity contribution in [1.29, 1.82) is 0 Å². The van der Waals surface area contributed by atoms with E-state index < -0.39 is 0 Å². The second kappa shape index (κ2) is 7.65. The molecule has 1 aliphatic carbocycles. The summed E-state index contributed by atoms with van der Waals surface area (Å²) in [4.78, 5) is 0. The maximum absolute atomic E-state index is 3.73. The molecule has 1 aromatic rings. The highest BCUT2D eigenvalue weighted by Crippen LogP contribution is 2.32. The molecule has 0 spiro atoms. The number of halogens is 1. The van der Waals surface area contributed by atoms with Gasteiger partial charge in [0.1, 0.15) is 0 Å². The molecule has 0 aromatic carbocycles. The van der Waals surface area contributed by atoms with Gasteiger partial charge in [0.05, 0.1) is 8.93 Å².